The third-order valence-corrected chi connectivity index (χ3v) is 7.13. The SMILES string of the molecule is O=C(OCC(=O)N(C1CC1)[C@H]1CCS(=O)(=O)C1)c1ccc(-c2ccccc2)cc1. The summed E-state index contributed by atoms with van der Waals surface area (Å²) in [7, 11) is -3.08. The number of amides is 1. The van der Waals surface area contributed by atoms with Crippen molar-refractivity contribution in [3.63, 3.8) is 0 Å². The van der Waals surface area contributed by atoms with Gasteiger partial charge >= 0.3 is 5.97 Å². The summed E-state index contributed by atoms with van der Waals surface area (Å²) in [6.45, 7) is -0.369. The van der Waals surface area contributed by atoms with Crippen LogP contribution in [0.5, 0.6) is 0 Å². The van der Waals surface area contributed by atoms with Crippen LogP contribution < -0.4 is 0 Å². The number of hydrogen-bond acceptors (Lipinski definition) is 5. The Balaban J connectivity index is 1.36. The molecule has 7 heteroatoms. The summed E-state index contributed by atoms with van der Waals surface area (Å²) in [6.07, 6.45) is 2.20. The van der Waals surface area contributed by atoms with Crippen LogP contribution in [0.3, 0.4) is 0 Å². The van der Waals surface area contributed by atoms with Crippen molar-refractivity contribution < 1.29 is 22.7 Å². The summed E-state index contributed by atoms with van der Waals surface area (Å²) >= 11 is 0. The largest absolute Gasteiger partial charge is 0.452 e. The van der Waals surface area contributed by atoms with Gasteiger partial charge < -0.3 is 9.64 Å². The van der Waals surface area contributed by atoms with Gasteiger partial charge in [-0.05, 0) is 42.5 Å². The Morgan fingerprint density at radius 1 is 0.897 bits per heavy atom. The number of hydrogen-bond donors (Lipinski definition) is 0. The summed E-state index contributed by atoms with van der Waals surface area (Å²) in [4.78, 5) is 26.6. The lowest BCUT2D eigenvalue weighted by atomic mass is 10.0. The van der Waals surface area contributed by atoms with Gasteiger partial charge in [-0.25, -0.2) is 13.2 Å². The van der Waals surface area contributed by atoms with Crippen LogP contribution in [-0.2, 0) is 19.4 Å². The van der Waals surface area contributed by atoms with E-state index in [9.17, 15) is 18.0 Å². The van der Waals surface area contributed by atoms with Gasteiger partial charge in [-0.3, -0.25) is 4.79 Å². The number of sulfone groups is 1. The third kappa shape index (κ3) is 4.67. The maximum Gasteiger partial charge on any atom is 0.338 e. The van der Waals surface area contributed by atoms with Crippen molar-refractivity contribution in [3.05, 3.63) is 60.2 Å². The van der Waals surface area contributed by atoms with Crippen LogP contribution in [0.25, 0.3) is 11.1 Å². The molecule has 1 amide bonds. The number of nitrogens with zero attached hydrogens (tertiary/aromatic N) is 1. The van der Waals surface area contributed by atoms with Crippen molar-refractivity contribution in [1.82, 2.24) is 4.90 Å². The van der Waals surface area contributed by atoms with Gasteiger partial charge in [0.05, 0.1) is 17.1 Å². The second-order valence-electron chi connectivity index (χ2n) is 7.61. The fourth-order valence-electron chi connectivity index (χ4n) is 3.77. The van der Waals surface area contributed by atoms with Crippen molar-refractivity contribution in [2.75, 3.05) is 18.1 Å². The summed E-state index contributed by atoms with van der Waals surface area (Å²) in [5, 5.41) is 0. The zero-order chi connectivity index (χ0) is 20.4. The number of esters is 1. The van der Waals surface area contributed by atoms with E-state index in [1.54, 1.807) is 17.0 Å². The average Bonchev–Trinajstić information content (AvgIpc) is 3.49. The van der Waals surface area contributed by atoms with E-state index in [2.05, 4.69) is 0 Å². The molecule has 2 fully saturated rings. The molecule has 0 bridgehead atoms. The predicted octanol–water partition coefficient (Wildman–Crippen LogP) is 2.69. The monoisotopic (exact) mass is 413 g/mol. The Kier molecular flexibility index (Phi) is 5.41. The van der Waals surface area contributed by atoms with E-state index in [4.69, 9.17) is 4.74 Å². The molecule has 1 aliphatic heterocycles. The first-order valence-corrected chi connectivity index (χ1v) is 11.6. The molecule has 0 spiro atoms. The smallest absolute Gasteiger partial charge is 0.338 e. The first-order chi connectivity index (χ1) is 13.9. The van der Waals surface area contributed by atoms with Gasteiger partial charge in [0.2, 0.25) is 0 Å². The number of benzene rings is 2. The highest BCUT2D eigenvalue weighted by molar-refractivity contribution is 7.91. The van der Waals surface area contributed by atoms with Crippen molar-refractivity contribution >= 4 is 21.7 Å². The quantitative estimate of drug-likeness (QED) is 0.680. The molecule has 2 aromatic rings. The fourth-order valence-corrected chi connectivity index (χ4v) is 5.48. The molecular formula is C22H23NO5S. The predicted molar refractivity (Wildman–Crippen MR) is 109 cm³/mol. The molecule has 152 valence electrons. The van der Waals surface area contributed by atoms with Crippen molar-refractivity contribution in [1.29, 1.82) is 0 Å². The minimum atomic E-state index is -3.08. The molecular weight excluding hydrogens is 390 g/mol. The lowest BCUT2D eigenvalue weighted by molar-refractivity contribution is -0.137. The van der Waals surface area contributed by atoms with Crippen molar-refractivity contribution in [3.8, 4) is 11.1 Å². The van der Waals surface area contributed by atoms with E-state index in [1.807, 2.05) is 42.5 Å². The topological polar surface area (TPSA) is 80.8 Å². The van der Waals surface area contributed by atoms with Gasteiger partial charge in [0.1, 0.15) is 0 Å². The van der Waals surface area contributed by atoms with Crippen LogP contribution in [0.1, 0.15) is 29.6 Å². The summed E-state index contributed by atoms with van der Waals surface area (Å²) in [5.41, 5.74) is 2.41. The lowest BCUT2D eigenvalue weighted by Crippen LogP contribution is -2.44. The zero-order valence-corrected chi connectivity index (χ0v) is 16.8. The number of rotatable bonds is 6. The summed E-state index contributed by atoms with van der Waals surface area (Å²) < 4.78 is 28.8. The molecule has 0 radical (unpaired) electrons. The minimum absolute atomic E-state index is 0.00410. The molecule has 2 aromatic carbocycles. The molecule has 1 aliphatic carbocycles. The molecule has 2 aliphatic rings. The van der Waals surface area contributed by atoms with Gasteiger partial charge in [0, 0.05) is 12.1 Å². The first kappa shape index (κ1) is 19.6. The number of carbonyl (C=O) groups excluding carboxylic acids is 2. The molecule has 1 saturated carbocycles. The maximum absolute atomic E-state index is 12.7. The Labute approximate surface area is 170 Å². The molecule has 6 nitrogen and oxygen atoms in total. The van der Waals surface area contributed by atoms with Crippen LogP contribution in [0.15, 0.2) is 54.6 Å². The van der Waals surface area contributed by atoms with E-state index < -0.39 is 15.8 Å². The van der Waals surface area contributed by atoms with Gasteiger partial charge in [0.15, 0.2) is 16.4 Å². The highest BCUT2D eigenvalue weighted by atomic mass is 32.2. The molecule has 1 atom stereocenters. The van der Waals surface area contributed by atoms with Gasteiger partial charge in [-0.15, -0.1) is 0 Å². The fraction of sp³-hybridized carbons (Fsp3) is 0.364. The second kappa shape index (κ2) is 7.99. The average molecular weight is 413 g/mol. The Morgan fingerprint density at radius 2 is 1.55 bits per heavy atom. The maximum atomic E-state index is 12.7. The van der Waals surface area contributed by atoms with Gasteiger partial charge in [-0.2, -0.15) is 0 Å². The molecule has 1 heterocycles. The molecule has 0 N–H and O–H groups in total. The normalized spacial score (nSPS) is 20.2. The van der Waals surface area contributed by atoms with E-state index in [1.165, 1.54) is 0 Å². The van der Waals surface area contributed by atoms with Gasteiger partial charge in [0.25, 0.3) is 5.91 Å². The van der Waals surface area contributed by atoms with Crippen LogP contribution in [0, 0.1) is 0 Å². The van der Waals surface area contributed by atoms with E-state index >= 15 is 0 Å². The van der Waals surface area contributed by atoms with Crippen molar-refractivity contribution in [2.45, 2.75) is 31.3 Å². The van der Waals surface area contributed by atoms with E-state index in [0.29, 0.717) is 12.0 Å². The Morgan fingerprint density at radius 3 is 2.14 bits per heavy atom. The molecule has 1 saturated heterocycles. The van der Waals surface area contributed by atoms with Crippen LogP contribution in [0.2, 0.25) is 0 Å². The molecule has 0 unspecified atom stereocenters. The minimum Gasteiger partial charge on any atom is -0.452 e. The van der Waals surface area contributed by atoms with Gasteiger partial charge in [-0.1, -0.05) is 42.5 Å². The van der Waals surface area contributed by atoms with Crippen LogP contribution >= 0.6 is 0 Å². The molecule has 29 heavy (non-hydrogen) atoms. The van der Waals surface area contributed by atoms with Crippen LogP contribution in [0.4, 0.5) is 0 Å². The Hall–Kier alpha value is -2.67. The molecule has 4 rings (SSSR count). The molecule has 0 aromatic heterocycles. The number of ether oxygens (including phenoxy) is 1. The third-order valence-electron chi connectivity index (χ3n) is 5.38. The van der Waals surface area contributed by atoms with E-state index in [0.717, 1.165) is 24.0 Å². The first-order valence-electron chi connectivity index (χ1n) is 9.77. The lowest BCUT2D eigenvalue weighted by Gasteiger charge is -2.28. The summed E-state index contributed by atoms with van der Waals surface area (Å²) in [6, 6.07) is 16.6. The van der Waals surface area contributed by atoms with E-state index in [-0.39, 0.29) is 36.1 Å². The highest BCUT2D eigenvalue weighted by Crippen LogP contribution is 2.32. The standard InChI is InChI=1S/C22H23NO5S/c24-21(23(19-10-11-19)20-12-13-29(26,27)15-20)14-28-22(25)18-8-6-17(7-9-18)16-4-2-1-3-5-16/h1-9,19-20H,10-15H2/t20-/m0/s1. The van der Waals surface area contributed by atoms with Crippen LogP contribution in [-0.4, -0.2) is 55.4 Å². The highest BCUT2D eigenvalue weighted by Gasteiger charge is 2.42. The zero-order valence-electron chi connectivity index (χ0n) is 16.0. The second-order valence-corrected chi connectivity index (χ2v) is 9.84. The van der Waals surface area contributed by atoms with Crippen molar-refractivity contribution in [2.24, 2.45) is 0 Å². The Bertz CT molecular complexity index is 997. The summed E-state index contributed by atoms with van der Waals surface area (Å²) in [5.74, 6) is -0.761. The number of carbonyl (C=O) groups is 2.